The zero-order valence-electron chi connectivity index (χ0n) is 18.1. The summed E-state index contributed by atoms with van der Waals surface area (Å²) in [5.41, 5.74) is 7.95. The number of hydrogen-bond acceptors (Lipinski definition) is 3. The van der Waals surface area contributed by atoms with Crippen molar-refractivity contribution >= 4 is 40.3 Å². The van der Waals surface area contributed by atoms with E-state index in [1.807, 2.05) is 56.5 Å². The van der Waals surface area contributed by atoms with Crippen LogP contribution in [0.5, 0.6) is 0 Å². The Morgan fingerprint density at radius 3 is 2.53 bits per heavy atom. The Balaban J connectivity index is 1.78. The van der Waals surface area contributed by atoms with E-state index in [-0.39, 0.29) is 10.6 Å². The number of aromatic amines is 1. The molecule has 0 saturated heterocycles. The highest BCUT2D eigenvalue weighted by Gasteiger charge is 2.15. The number of allylic oxidation sites excluding steroid dienone is 1. The first-order valence-electron chi connectivity index (χ1n) is 10.0. The van der Waals surface area contributed by atoms with Crippen LogP contribution in [0.1, 0.15) is 44.3 Å². The van der Waals surface area contributed by atoms with Crippen LogP contribution in [0.3, 0.4) is 0 Å². The number of hydrogen-bond donors (Lipinski definition) is 2. The van der Waals surface area contributed by atoms with Crippen molar-refractivity contribution < 1.29 is 9.90 Å². The number of nitrogens with one attached hydrogen (secondary N) is 1. The van der Waals surface area contributed by atoms with E-state index in [0.29, 0.717) is 11.4 Å². The van der Waals surface area contributed by atoms with Gasteiger partial charge in [-0.25, -0.2) is 9.78 Å². The second kappa shape index (κ2) is 8.03. The lowest BCUT2D eigenvalue weighted by Gasteiger charge is -2.11. The van der Waals surface area contributed by atoms with Crippen LogP contribution >= 0.6 is 11.6 Å². The van der Waals surface area contributed by atoms with Crippen LogP contribution in [0.15, 0.2) is 36.4 Å². The highest BCUT2D eigenvalue weighted by molar-refractivity contribution is 6.33. The molecule has 0 fully saturated rings. The van der Waals surface area contributed by atoms with Gasteiger partial charge in [-0.2, -0.15) is 5.26 Å². The molecule has 32 heavy (non-hydrogen) atoms. The van der Waals surface area contributed by atoms with Gasteiger partial charge < -0.3 is 14.7 Å². The topological polar surface area (TPSA) is 94.7 Å². The van der Waals surface area contributed by atoms with Gasteiger partial charge in [-0.1, -0.05) is 11.6 Å². The number of carboxylic acid groups (broad SMARTS) is 1. The quantitative estimate of drug-likeness (QED) is 0.377. The molecule has 0 spiro atoms. The van der Waals surface area contributed by atoms with Gasteiger partial charge in [-0.3, -0.25) is 0 Å². The third kappa shape index (κ3) is 3.68. The second-order valence-corrected chi connectivity index (χ2v) is 8.25. The van der Waals surface area contributed by atoms with Gasteiger partial charge in [-0.15, -0.1) is 0 Å². The molecule has 0 amide bonds. The van der Waals surface area contributed by atoms with Crippen LogP contribution < -0.4 is 0 Å². The summed E-state index contributed by atoms with van der Waals surface area (Å²) in [7, 11) is 0. The highest BCUT2D eigenvalue weighted by atomic mass is 35.5. The Morgan fingerprint density at radius 1 is 1.16 bits per heavy atom. The molecule has 0 aliphatic rings. The molecule has 6 nitrogen and oxygen atoms in total. The van der Waals surface area contributed by atoms with E-state index in [2.05, 4.69) is 16.0 Å². The van der Waals surface area contributed by atoms with Crippen molar-refractivity contribution in [1.29, 1.82) is 5.26 Å². The fourth-order valence-corrected chi connectivity index (χ4v) is 4.11. The fourth-order valence-electron chi connectivity index (χ4n) is 3.85. The van der Waals surface area contributed by atoms with Gasteiger partial charge in [0, 0.05) is 17.1 Å². The molecule has 2 aromatic heterocycles. The predicted molar refractivity (Wildman–Crippen MR) is 126 cm³/mol. The van der Waals surface area contributed by atoms with Crippen LogP contribution in [0.25, 0.3) is 28.4 Å². The molecule has 0 radical (unpaired) electrons. The maximum Gasteiger partial charge on any atom is 0.337 e. The minimum absolute atomic E-state index is 0.0557. The Kier molecular flexibility index (Phi) is 5.37. The lowest BCUT2D eigenvalue weighted by Crippen LogP contribution is -2.02. The van der Waals surface area contributed by atoms with Gasteiger partial charge in [0.25, 0.3) is 0 Å². The molecule has 2 N–H and O–H groups in total. The maximum atomic E-state index is 11.3. The smallest absolute Gasteiger partial charge is 0.337 e. The normalized spacial score (nSPS) is 11.7. The molecule has 4 rings (SSSR count). The third-order valence-electron chi connectivity index (χ3n) is 5.68. The van der Waals surface area contributed by atoms with Crippen LogP contribution in [0.4, 0.5) is 0 Å². The van der Waals surface area contributed by atoms with E-state index >= 15 is 0 Å². The lowest BCUT2D eigenvalue weighted by atomic mass is 10.1. The van der Waals surface area contributed by atoms with Gasteiger partial charge in [0.2, 0.25) is 0 Å². The summed E-state index contributed by atoms with van der Waals surface area (Å²) in [6, 6.07) is 13.1. The van der Waals surface area contributed by atoms with Crippen LogP contribution in [0.2, 0.25) is 5.02 Å². The number of H-pyrrole nitrogens is 1. The van der Waals surface area contributed by atoms with E-state index in [4.69, 9.17) is 11.6 Å². The first kappa shape index (κ1) is 21.4. The number of carbonyl (C=O) groups is 1. The Hall–Kier alpha value is -3.82. The third-order valence-corrected chi connectivity index (χ3v) is 6.00. The number of aryl methyl sites for hydroxylation is 3. The Bertz CT molecular complexity index is 1430. The van der Waals surface area contributed by atoms with Crippen molar-refractivity contribution in [1.82, 2.24) is 14.5 Å². The maximum absolute atomic E-state index is 11.3. The monoisotopic (exact) mass is 444 g/mol. The fraction of sp³-hybridized carbons (Fsp3) is 0.160. The molecule has 0 aliphatic carbocycles. The average Bonchev–Trinajstić information content (AvgIpc) is 3.25. The predicted octanol–water partition coefficient (Wildman–Crippen LogP) is 6.00. The van der Waals surface area contributed by atoms with Crippen molar-refractivity contribution in [2.75, 3.05) is 0 Å². The average molecular weight is 445 g/mol. The van der Waals surface area contributed by atoms with Crippen molar-refractivity contribution in [3.63, 3.8) is 0 Å². The summed E-state index contributed by atoms with van der Waals surface area (Å²) in [6.45, 7) is 7.97. The minimum atomic E-state index is -1.07. The zero-order chi connectivity index (χ0) is 23.2. The van der Waals surface area contributed by atoms with Crippen molar-refractivity contribution in [3.8, 4) is 11.8 Å². The summed E-state index contributed by atoms with van der Waals surface area (Å²) < 4.78 is 1.98. The van der Waals surface area contributed by atoms with E-state index in [9.17, 15) is 15.2 Å². The summed E-state index contributed by atoms with van der Waals surface area (Å²) >= 11 is 6.17. The molecular weight excluding hydrogens is 424 g/mol. The molecule has 4 aromatic rings. The number of nitriles is 1. The Morgan fingerprint density at radius 2 is 1.88 bits per heavy atom. The number of halogens is 1. The number of nitrogens with zero attached hydrogens (tertiary/aromatic N) is 3. The van der Waals surface area contributed by atoms with Gasteiger partial charge in [0.1, 0.15) is 11.9 Å². The molecule has 0 bridgehead atoms. The number of aromatic nitrogens is 3. The van der Waals surface area contributed by atoms with Crippen molar-refractivity contribution in [3.05, 3.63) is 80.9 Å². The number of imidazole rings is 1. The molecule has 2 heterocycles. The zero-order valence-corrected chi connectivity index (χ0v) is 18.9. The summed E-state index contributed by atoms with van der Waals surface area (Å²) in [5.74, 6) is -0.549. The largest absolute Gasteiger partial charge is 0.478 e. The summed E-state index contributed by atoms with van der Waals surface area (Å²) in [6.07, 6.45) is 1.81. The molecule has 160 valence electrons. The van der Waals surface area contributed by atoms with Gasteiger partial charge in [0.05, 0.1) is 27.2 Å². The standard InChI is InChI=1S/C25H21ClN4O2/c1-13-7-22-23(8-14(13)2)29-24(28-22)18(12-27)10-17-9-15(3)30(16(17)4)19-5-6-20(25(31)32)21(26)11-19/h5-11H,1-4H3,(H,28,29)(H,31,32)/b18-10-. The minimum Gasteiger partial charge on any atom is -0.478 e. The highest BCUT2D eigenvalue weighted by Crippen LogP contribution is 2.28. The number of carboxylic acids is 1. The Labute approximate surface area is 190 Å². The number of fused-ring (bicyclic) bond motifs is 1. The van der Waals surface area contributed by atoms with E-state index in [0.717, 1.165) is 44.8 Å². The molecule has 0 aliphatic heterocycles. The van der Waals surface area contributed by atoms with E-state index in [1.165, 1.54) is 6.07 Å². The van der Waals surface area contributed by atoms with Crippen molar-refractivity contribution in [2.24, 2.45) is 0 Å². The molecule has 0 atom stereocenters. The molecule has 7 heteroatoms. The van der Waals surface area contributed by atoms with Gasteiger partial charge in [-0.05, 0) is 86.9 Å². The van der Waals surface area contributed by atoms with Crippen molar-refractivity contribution in [2.45, 2.75) is 27.7 Å². The van der Waals surface area contributed by atoms with Crippen LogP contribution in [-0.2, 0) is 0 Å². The van der Waals surface area contributed by atoms with Crippen LogP contribution in [-0.4, -0.2) is 25.6 Å². The molecule has 0 saturated carbocycles. The second-order valence-electron chi connectivity index (χ2n) is 7.84. The lowest BCUT2D eigenvalue weighted by molar-refractivity contribution is 0.0697. The van der Waals surface area contributed by atoms with Gasteiger partial charge in [0.15, 0.2) is 0 Å². The van der Waals surface area contributed by atoms with E-state index < -0.39 is 5.97 Å². The first-order chi connectivity index (χ1) is 15.2. The number of aromatic carboxylic acids is 1. The molecule has 0 unspecified atom stereocenters. The van der Waals surface area contributed by atoms with Crippen LogP contribution in [0, 0.1) is 39.0 Å². The van der Waals surface area contributed by atoms with E-state index in [1.54, 1.807) is 12.1 Å². The van der Waals surface area contributed by atoms with Gasteiger partial charge >= 0.3 is 5.97 Å². The summed E-state index contributed by atoms with van der Waals surface area (Å²) in [4.78, 5) is 19.1. The molecule has 2 aromatic carbocycles. The molecular formula is C25H21ClN4O2. The number of benzene rings is 2. The summed E-state index contributed by atoms with van der Waals surface area (Å²) in [5, 5.41) is 19.2. The SMILES string of the molecule is Cc1cc2nc(/C(C#N)=C\c3cc(C)n(-c4ccc(C(=O)O)c(Cl)c4)c3C)[nH]c2cc1C. The first-order valence-corrected chi connectivity index (χ1v) is 10.4. The number of rotatable bonds is 4.